The Morgan fingerprint density at radius 1 is 1.19 bits per heavy atom. The standard InChI is InChI=1S/C15H23N/c1-3-14-10-9-13(2)16(11-14)12-15-7-5-4-6-8-15/h4-8,13-14H,3,9-12H2,1-2H3. The van der Waals surface area contributed by atoms with E-state index in [0.29, 0.717) is 0 Å². The molecule has 16 heavy (non-hydrogen) atoms. The van der Waals surface area contributed by atoms with Crippen molar-refractivity contribution in [2.75, 3.05) is 6.54 Å². The second-order valence-electron chi connectivity index (χ2n) is 5.12. The van der Waals surface area contributed by atoms with E-state index < -0.39 is 0 Å². The van der Waals surface area contributed by atoms with E-state index in [1.165, 1.54) is 31.4 Å². The minimum Gasteiger partial charge on any atom is -0.296 e. The van der Waals surface area contributed by atoms with E-state index in [0.717, 1.165) is 18.5 Å². The van der Waals surface area contributed by atoms with Gasteiger partial charge in [0.05, 0.1) is 0 Å². The quantitative estimate of drug-likeness (QED) is 0.746. The van der Waals surface area contributed by atoms with Crippen LogP contribution in [0.1, 0.15) is 38.7 Å². The second-order valence-corrected chi connectivity index (χ2v) is 5.12. The van der Waals surface area contributed by atoms with E-state index >= 15 is 0 Å². The van der Waals surface area contributed by atoms with E-state index in [9.17, 15) is 0 Å². The summed E-state index contributed by atoms with van der Waals surface area (Å²) >= 11 is 0. The van der Waals surface area contributed by atoms with Gasteiger partial charge in [0.15, 0.2) is 0 Å². The maximum Gasteiger partial charge on any atom is 0.0236 e. The second kappa shape index (κ2) is 5.49. The van der Waals surface area contributed by atoms with Gasteiger partial charge in [0.2, 0.25) is 0 Å². The molecule has 1 nitrogen and oxygen atoms in total. The monoisotopic (exact) mass is 217 g/mol. The zero-order chi connectivity index (χ0) is 11.4. The van der Waals surface area contributed by atoms with Crippen LogP contribution in [-0.2, 0) is 6.54 Å². The molecule has 1 aromatic rings. The largest absolute Gasteiger partial charge is 0.296 e. The highest BCUT2D eigenvalue weighted by Crippen LogP contribution is 2.25. The molecule has 0 radical (unpaired) electrons. The third kappa shape index (κ3) is 2.85. The van der Waals surface area contributed by atoms with Crippen LogP contribution in [0.2, 0.25) is 0 Å². The molecule has 0 saturated carbocycles. The fraction of sp³-hybridized carbons (Fsp3) is 0.600. The first-order valence-corrected chi connectivity index (χ1v) is 6.57. The van der Waals surface area contributed by atoms with Crippen LogP contribution in [0.15, 0.2) is 30.3 Å². The first-order valence-electron chi connectivity index (χ1n) is 6.57. The summed E-state index contributed by atoms with van der Waals surface area (Å²) in [5.74, 6) is 0.917. The Balaban J connectivity index is 1.97. The molecule has 0 amide bonds. The predicted octanol–water partition coefficient (Wildman–Crippen LogP) is 3.70. The minimum atomic E-state index is 0.753. The van der Waals surface area contributed by atoms with Gasteiger partial charge in [0.25, 0.3) is 0 Å². The molecule has 1 fully saturated rings. The molecule has 0 bridgehead atoms. The van der Waals surface area contributed by atoms with Crippen molar-refractivity contribution >= 4 is 0 Å². The van der Waals surface area contributed by atoms with Crippen LogP contribution in [0.5, 0.6) is 0 Å². The predicted molar refractivity (Wildman–Crippen MR) is 69.3 cm³/mol. The van der Waals surface area contributed by atoms with Gasteiger partial charge in [-0.3, -0.25) is 4.90 Å². The molecule has 88 valence electrons. The normalized spacial score (nSPS) is 26.9. The third-order valence-electron chi connectivity index (χ3n) is 3.91. The lowest BCUT2D eigenvalue weighted by molar-refractivity contribution is 0.108. The topological polar surface area (TPSA) is 3.24 Å². The van der Waals surface area contributed by atoms with Gasteiger partial charge in [-0.1, -0.05) is 43.7 Å². The summed E-state index contributed by atoms with van der Waals surface area (Å²) in [6.07, 6.45) is 4.12. The number of piperidine rings is 1. The highest BCUT2D eigenvalue weighted by atomic mass is 15.2. The minimum absolute atomic E-state index is 0.753. The van der Waals surface area contributed by atoms with Crippen LogP contribution in [0, 0.1) is 5.92 Å². The average Bonchev–Trinajstić information content (AvgIpc) is 2.33. The molecular formula is C15H23N. The summed E-state index contributed by atoms with van der Waals surface area (Å²) < 4.78 is 0. The molecule has 1 aromatic carbocycles. The molecule has 1 aliphatic rings. The van der Waals surface area contributed by atoms with Gasteiger partial charge < -0.3 is 0 Å². The van der Waals surface area contributed by atoms with Gasteiger partial charge in [0, 0.05) is 19.1 Å². The summed E-state index contributed by atoms with van der Waals surface area (Å²) in [7, 11) is 0. The van der Waals surface area contributed by atoms with Crippen molar-refractivity contribution in [2.45, 2.75) is 45.7 Å². The van der Waals surface area contributed by atoms with Crippen molar-refractivity contribution in [2.24, 2.45) is 5.92 Å². The van der Waals surface area contributed by atoms with Crippen LogP contribution in [0.3, 0.4) is 0 Å². The lowest BCUT2D eigenvalue weighted by Crippen LogP contribution is -2.40. The highest BCUT2D eigenvalue weighted by Gasteiger charge is 2.23. The van der Waals surface area contributed by atoms with Crippen LogP contribution >= 0.6 is 0 Å². The molecule has 1 aliphatic heterocycles. The Bertz CT molecular complexity index is 306. The summed E-state index contributed by atoms with van der Waals surface area (Å²) in [6, 6.07) is 11.6. The zero-order valence-corrected chi connectivity index (χ0v) is 10.5. The van der Waals surface area contributed by atoms with Gasteiger partial charge in [-0.25, -0.2) is 0 Å². The number of rotatable bonds is 3. The molecule has 2 atom stereocenters. The van der Waals surface area contributed by atoms with Crippen molar-refractivity contribution < 1.29 is 0 Å². The highest BCUT2D eigenvalue weighted by molar-refractivity contribution is 5.14. The number of nitrogens with zero attached hydrogens (tertiary/aromatic N) is 1. The zero-order valence-electron chi connectivity index (χ0n) is 10.5. The van der Waals surface area contributed by atoms with Crippen LogP contribution < -0.4 is 0 Å². The van der Waals surface area contributed by atoms with Crippen molar-refractivity contribution in [1.82, 2.24) is 4.90 Å². The van der Waals surface area contributed by atoms with Crippen LogP contribution in [0.25, 0.3) is 0 Å². The fourth-order valence-electron chi connectivity index (χ4n) is 2.63. The molecule has 1 heterocycles. The van der Waals surface area contributed by atoms with E-state index in [-0.39, 0.29) is 0 Å². The molecule has 0 aliphatic carbocycles. The molecule has 2 unspecified atom stereocenters. The summed E-state index contributed by atoms with van der Waals surface area (Å²) in [4.78, 5) is 2.65. The first-order chi connectivity index (χ1) is 7.79. The number of likely N-dealkylation sites (tertiary alicyclic amines) is 1. The van der Waals surface area contributed by atoms with Crippen LogP contribution in [-0.4, -0.2) is 17.5 Å². The average molecular weight is 217 g/mol. The lowest BCUT2D eigenvalue weighted by Gasteiger charge is -2.37. The van der Waals surface area contributed by atoms with Gasteiger partial charge in [-0.2, -0.15) is 0 Å². The molecule has 1 heteroatoms. The first kappa shape index (κ1) is 11.7. The van der Waals surface area contributed by atoms with Crippen molar-refractivity contribution in [1.29, 1.82) is 0 Å². The number of hydrogen-bond donors (Lipinski definition) is 0. The SMILES string of the molecule is CCC1CCC(C)N(Cc2ccccc2)C1. The number of hydrogen-bond acceptors (Lipinski definition) is 1. The van der Waals surface area contributed by atoms with Crippen LogP contribution in [0.4, 0.5) is 0 Å². The Hall–Kier alpha value is -0.820. The molecular weight excluding hydrogens is 194 g/mol. The Labute approximate surface area is 99.5 Å². The molecule has 0 aromatic heterocycles. The molecule has 0 spiro atoms. The third-order valence-corrected chi connectivity index (χ3v) is 3.91. The van der Waals surface area contributed by atoms with Crippen molar-refractivity contribution in [3.05, 3.63) is 35.9 Å². The van der Waals surface area contributed by atoms with Gasteiger partial charge >= 0.3 is 0 Å². The van der Waals surface area contributed by atoms with Gasteiger partial charge in [-0.05, 0) is 31.2 Å². The summed E-state index contributed by atoms with van der Waals surface area (Å²) in [6.45, 7) is 7.10. The maximum absolute atomic E-state index is 2.65. The van der Waals surface area contributed by atoms with E-state index in [2.05, 4.69) is 49.1 Å². The fourth-order valence-corrected chi connectivity index (χ4v) is 2.63. The summed E-state index contributed by atoms with van der Waals surface area (Å²) in [5.41, 5.74) is 1.45. The van der Waals surface area contributed by atoms with Crippen molar-refractivity contribution in [3.8, 4) is 0 Å². The van der Waals surface area contributed by atoms with Crippen molar-refractivity contribution in [3.63, 3.8) is 0 Å². The smallest absolute Gasteiger partial charge is 0.0236 e. The Kier molecular flexibility index (Phi) is 4.00. The number of benzene rings is 1. The molecule has 2 rings (SSSR count). The van der Waals surface area contributed by atoms with Gasteiger partial charge in [0.1, 0.15) is 0 Å². The maximum atomic E-state index is 2.65. The Morgan fingerprint density at radius 3 is 2.62 bits per heavy atom. The van der Waals surface area contributed by atoms with E-state index in [4.69, 9.17) is 0 Å². The Morgan fingerprint density at radius 2 is 1.94 bits per heavy atom. The van der Waals surface area contributed by atoms with E-state index in [1.807, 2.05) is 0 Å². The lowest BCUT2D eigenvalue weighted by atomic mass is 9.91. The summed E-state index contributed by atoms with van der Waals surface area (Å²) in [5, 5.41) is 0. The van der Waals surface area contributed by atoms with Gasteiger partial charge in [-0.15, -0.1) is 0 Å². The van der Waals surface area contributed by atoms with E-state index in [1.54, 1.807) is 0 Å². The molecule has 1 saturated heterocycles. The molecule has 0 N–H and O–H groups in total.